The van der Waals surface area contributed by atoms with Gasteiger partial charge in [-0.3, -0.25) is 4.79 Å². The van der Waals surface area contributed by atoms with Gasteiger partial charge in [-0.15, -0.1) is 0 Å². The van der Waals surface area contributed by atoms with Gasteiger partial charge in [-0.05, 0) is 25.5 Å². The second-order valence-corrected chi connectivity index (χ2v) is 4.60. The number of nitrogens with zero attached hydrogens (tertiary/aromatic N) is 1. The highest BCUT2D eigenvalue weighted by Crippen LogP contribution is 2.21. The molecular formula is C15H19FN4O. The van der Waals surface area contributed by atoms with Gasteiger partial charge in [0.2, 0.25) is 0 Å². The van der Waals surface area contributed by atoms with Gasteiger partial charge in [-0.25, -0.2) is 9.37 Å². The highest BCUT2D eigenvalue weighted by Gasteiger charge is 2.19. The molecule has 1 heterocycles. The third-order valence-electron chi connectivity index (χ3n) is 3.17. The van der Waals surface area contributed by atoms with E-state index in [0.29, 0.717) is 24.4 Å². The number of nitrogens with one attached hydrogen (secondary N) is 3. The maximum atomic E-state index is 13.8. The molecule has 1 aromatic heterocycles. The number of carbonyl (C=O) groups excluding carboxylic acids is 1. The van der Waals surface area contributed by atoms with Gasteiger partial charge in [-0.2, -0.15) is 0 Å². The van der Waals surface area contributed by atoms with Crippen LogP contribution in [0.1, 0.15) is 42.5 Å². The number of para-hydroxylation sites is 1. The molecule has 3 N–H and O–H groups in total. The highest BCUT2D eigenvalue weighted by atomic mass is 19.1. The molecule has 0 aliphatic carbocycles. The third kappa shape index (κ3) is 3.39. The second-order valence-electron chi connectivity index (χ2n) is 4.60. The van der Waals surface area contributed by atoms with E-state index in [1.807, 2.05) is 13.8 Å². The molecule has 1 aromatic carbocycles. The predicted octanol–water partition coefficient (Wildman–Crippen LogP) is 2.86. The molecule has 0 saturated carbocycles. The molecule has 1 amide bonds. The van der Waals surface area contributed by atoms with E-state index in [-0.39, 0.29) is 17.6 Å². The van der Waals surface area contributed by atoms with Crippen LogP contribution in [0.25, 0.3) is 0 Å². The number of hydrogen-bond acceptors (Lipinski definition) is 3. The lowest BCUT2D eigenvalue weighted by Crippen LogP contribution is -2.29. The maximum absolute atomic E-state index is 13.8. The molecule has 0 aliphatic rings. The van der Waals surface area contributed by atoms with Crippen molar-refractivity contribution in [1.82, 2.24) is 15.3 Å². The summed E-state index contributed by atoms with van der Waals surface area (Å²) < 4.78 is 13.8. The molecule has 2 rings (SSSR count). The van der Waals surface area contributed by atoms with Gasteiger partial charge >= 0.3 is 0 Å². The quantitative estimate of drug-likeness (QED) is 0.766. The number of benzene rings is 1. The van der Waals surface area contributed by atoms with Crippen molar-refractivity contribution in [1.29, 1.82) is 0 Å². The molecular weight excluding hydrogens is 271 g/mol. The Balaban J connectivity index is 2.22. The van der Waals surface area contributed by atoms with Crippen molar-refractivity contribution < 1.29 is 9.18 Å². The van der Waals surface area contributed by atoms with Crippen LogP contribution in [0.4, 0.5) is 10.1 Å². The van der Waals surface area contributed by atoms with Crippen LogP contribution < -0.4 is 10.6 Å². The molecule has 5 nitrogen and oxygen atoms in total. The maximum Gasteiger partial charge on any atom is 0.254 e. The minimum Gasteiger partial charge on any atom is -0.382 e. The fraction of sp³-hybridized carbons (Fsp3) is 0.333. The highest BCUT2D eigenvalue weighted by molar-refractivity contribution is 5.99. The van der Waals surface area contributed by atoms with Gasteiger partial charge in [0, 0.05) is 18.9 Å². The van der Waals surface area contributed by atoms with Gasteiger partial charge in [0.25, 0.3) is 5.91 Å². The lowest BCUT2D eigenvalue weighted by atomic mass is 10.1. The van der Waals surface area contributed by atoms with Gasteiger partial charge in [-0.1, -0.05) is 13.0 Å². The Morgan fingerprint density at radius 2 is 2.24 bits per heavy atom. The number of imidazole rings is 1. The van der Waals surface area contributed by atoms with E-state index in [4.69, 9.17) is 0 Å². The Kier molecular flexibility index (Phi) is 4.92. The van der Waals surface area contributed by atoms with Crippen molar-refractivity contribution in [3.8, 4) is 0 Å². The summed E-state index contributed by atoms with van der Waals surface area (Å²) in [5.74, 6) is -0.0727. The molecule has 21 heavy (non-hydrogen) atoms. The minimum atomic E-state index is -0.435. The topological polar surface area (TPSA) is 69.8 Å². The number of carbonyl (C=O) groups is 1. The number of hydrogen-bond donors (Lipinski definition) is 3. The standard InChI is InChI=1S/C15H19FN4O/c1-3-12(14-18-8-9-19-14)20-15(21)10-6-5-7-11(16)13(10)17-4-2/h5-9,12,17H,3-4H2,1-2H3,(H,18,19)(H,20,21). The average molecular weight is 290 g/mol. The summed E-state index contributed by atoms with van der Waals surface area (Å²) >= 11 is 0. The number of H-pyrrole nitrogens is 1. The first-order valence-electron chi connectivity index (χ1n) is 6.99. The normalized spacial score (nSPS) is 12.0. The van der Waals surface area contributed by atoms with Crippen molar-refractivity contribution in [3.05, 3.63) is 47.8 Å². The number of rotatable bonds is 6. The fourth-order valence-electron chi connectivity index (χ4n) is 2.14. The summed E-state index contributed by atoms with van der Waals surface area (Å²) in [7, 11) is 0. The number of halogens is 1. The zero-order valence-electron chi connectivity index (χ0n) is 12.1. The van der Waals surface area contributed by atoms with Gasteiger partial charge in [0.15, 0.2) is 0 Å². The minimum absolute atomic E-state index is 0.229. The van der Waals surface area contributed by atoms with Crippen LogP contribution in [0.5, 0.6) is 0 Å². The van der Waals surface area contributed by atoms with Gasteiger partial charge in [0.1, 0.15) is 11.6 Å². The molecule has 0 saturated heterocycles. The molecule has 0 spiro atoms. The van der Waals surface area contributed by atoms with Crippen LogP contribution in [-0.4, -0.2) is 22.4 Å². The lowest BCUT2D eigenvalue weighted by molar-refractivity contribution is 0.0934. The Labute approximate surface area is 123 Å². The Bertz CT molecular complexity index is 598. The zero-order valence-corrected chi connectivity index (χ0v) is 12.1. The van der Waals surface area contributed by atoms with Crippen LogP contribution in [0.3, 0.4) is 0 Å². The molecule has 1 unspecified atom stereocenters. The van der Waals surface area contributed by atoms with Crippen LogP contribution in [-0.2, 0) is 0 Å². The number of amides is 1. The SMILES string of the molecule is CCNc1c(F)cccc1C(=O)NC(CC)c1ncc[nH]1. The van der Waals surface area contributed by atoms with E-state index >= 15 is 0 Å². The van der Waals surface area contributed by atoms with E-state index in [9.17, 15) is 9.18 Å². The summed E-state index contributed by atoms with van der Waals surface area (Å²) in [6.45, 7) is 4.34. The van der Waals surface area contributed by atoms with E-state index < -0.39 is 5.82 Å². The first kappa shape index (κ1) is 15.0. The molecule has 2 aromatic rings. The molecule has 0 radical (unpaired) electrons. The summed E-state index contributed by atoms with van der Waals surface area (Å²) in [6, 6.07) is 4.23. The van der Waals surface area contributed by atoms with Crippen LogP contribution in [0.15, 0.2) is 30.6 Å². The summed E-state index contributed by atoms with van der Waals surface area (Å²) in [6.07, 6.45) is 4.03. The van der Waals surface area contributed by atoms with Crippen molar-refractivity contribution in [2.24, 2.45) is 0 Å². The smallest absolute Gasteiger partial charge is 0.254 e. The molecule has 0 bridgehead atoms. The molecule has 112 valence electrons. The van der Waals surface area contributed by atoms with Crippen LogP contribution in [0, 0.1) is 5.82 Å². The fourth-order valence-corrected chi connectivity index (χ4v) is 2.14. The number of anilines is 1. The monoisotopic (exact) mass is 290 g/mol. The lowest BCUT2D eigenvalue weighted by Gasteiger charge is -2.17. The van der Waals surface area contributed by atoms with Crippen molar-refractivity contribution in [2.75, 3.05) is 11.9 Å². The van der Waals surface area contributed by atoms with E-state index in [2.05, 4.69) is 20.6 Å². The largest absolute Gasteiger partial charge is 0.382 e. The second kappa shape index (κ2) is 6.88. The molecule has 1 atom stereocenters. The number of aromatic amines is 1. The Hall–Kier alpha value is -2.37. The summed E-state index contributed by atoms with van der Waals surface area (Å²) in [4.78, 5) is 19.5. The van der Waals surface area contributed by atoms with Crippen molar-refractivity contribution in [2.45, 2.75) is 26.3 Å². The summed E-state index contributed by atoms with van der Waals surface area (Å²) in [5.41, 5.74) is 0.522. The Morgan fingerprint density at radius 1 is 1.43 bits per heavy atom. The molecule has 0 aliphatic heterocycles. The zero-order chi connectivity index (χ0) is 15.2. The van der Waals surface area contributed by atoms with E-state index in [1.54, 1.807) is 18.5 Å². The van der Waals surface area contributed by atoms with E-state index in [1.165, 1.54) is 12.1 Å². The van der Waals surface area contributed by atoms with Crippen molar-refractivity contribution >= 4 is 11.6 Å². The first-order valence-corrected chi connectivity index (χ1v) is 6.99. The molecule has 6 heteroatoms. The van der Waals surface area contributed by atoms with Gasteiger partial charge < -0.3 is 15.6 Å². The molecule has 0 fully saturated rings. The predicted molar refractivity (Wildman–Crippen MR) is 79.6 cm³/mol. The van der Waals surface area contributed by atoms with Gasteiger partial charge in [0.05, 0.1) is 17.3 Å². The third-order valence-corrected chi connectivity index (χ3v) is 3.17. The van der Waals surface area contributed by atoms with Crippen molar-refractivity contribution in [3.63, 3.8) is 0 Å². The Morgan fingerprint density at radius 3 is 2.86 bits per heavy atom. The van der Waals surface area contributed by atoms with Crippen LogP contribution >= 0.6 is 0 Å². The number of aromatic nitrogens is 2. The van der Waals surface area contributed by atoms with E-state index in [0.717, 1.165) is 0 Å². The van der Waals surface area contributed by atoms with Crippen LogP contribution in [0.2, 0.25) is 0 Å². The average Bonchev–Trinajstić information content (AvgIpc) is 3.01. The first-order chi connectivity index (χ1) is 10.2. The summed E-state index contributed by atoms with van der Waals surface area (Å²) in [5, 5.41) is 5.76.